The molecule has 1 heterocycles. The molecular formula is C31H30N6O7S. The minimum atomic E-state index is -4.20. The molecule has 0 bridgehead atoms. The van der Waals surface area contributed by atoms with Crippen LogP contribution in [0.15, 0.2) is 95.9 Å². The number of hydroxylamine groups is 1. The molecule has 0 atom stereocenters. The molecule has 0 spiro atoms. The SMILES string of the molecule is COc1cc(O)cc(Nc2nc3ccccc3nc2NS(=O)(=O)c2cccc(NC(=O)CNOCc3ccccc3OC)c2)c1. The number of amides is 1. The first-order valence-electron chi connectivity index (χ1n) is 13.6. The van der Waals surface area contributed by atoms with Crippen molar-refractivity contribution >= 4 is 50.0 Å². The number of phenolic OH excluding ortho intramolecular Hbond substituents is 1. The number of aromatic hydroxyl groups is 1. The van der Waals surface area contributed by atoms with Gasteiger partial charge in [-0.15, -0.1) is 0 Å². The van der Waals surface area contributed by atoms with E-state index in [0.29, 0.717) is 28.2 Å². The van der Waals surface area contributed by atoms with Gasteiger partial charge in [0.05, 0.1) is 36.8 Å². The number of phenols is 1. The first kappa shape index (κ1) is 31.0. The molecule has 0 aliphatic rings. The largest absolute Gasteiger partial charge is 0.508 e. The molecule has 0 fully saturated rings. The summed E-state index contributed by atoms with van der Waals surface area (Å²) < 4.78 is 40.0. The number of aromatic nitrogens is 2. The second-order valence-electron chi connectivity index (χ2n) is 9.56. The van der Waals surface area contributed by atoms with Gasteiger partial charge < -0.3 is 25.2 Å². The van der Waals surface area contributed by atoms with E-state index in [1.165, 1.54) is 37.4 Å². The minimum Gasteiger partial charge on any atom is -0.508 e. The zero-order chi connectivity index (χ0) is 31.8. The number of benzene rings is 4. The van der Waals surface area contributed by atoms with Crippen molar-refractivity contribution in [1.29, 1.82) is 0 Å². The Balaban J connectivity index is 1.29. The van der Waals surface area contributed by atoms with E-state index in [2.05, 4.69) is 30.8 Å². The Morgan fingerprint density at radius 1 is 0.822 bits per heavy atom. The summed E-state index contributed by atoms with van der Waals surface area (Å²) in [4.78, 5) is 26.8. The number of sulfonamides is 1. The van der Waals surface area contributed by atoms with Crippen LogP contribution in [0.4, 0.5) is 23.0 Å². The van der Waals surface area contributed by atoms with E-state index in [9.17, 15) is 18.3 Å². The van der Waals surface area contributed by atoms with Crippen molar-refractivity contribution in [1.82, 2.24) is 15.4 Å². The topological polar surface area (TPSA) is 173 Å². The maximum atomic E-state index is 13.5. The van der Waals surface area contributed by atoms with Crippen LogP contribution in [-0.4, -0.2) is 50.2 Å². The van der Waals surface area contributed by atoms with E-state index in [4.69, 9.17) is 14.3 Å². The molecule has 5 rings (SSSR count). The van der Waals surface area contributed by atoms with Crippen molar-refractivity contribution in [2.24, 2.45) is 0 Å². The second-order valence-corrected chi connectivity index (χ2v) is 11.2. The standard InChI is InChI=1S/C31H30N6O7S/c1-42-24-15-22(14-23(38)17-24)34-30-31(36-27-12-5-4-11-26(27)35-30)37-45(40,41)25-10-7-9-21(16-25)33-29(39)18-32-44-19-20-8-3-6-13-28(20)43-2/h3-17,32,38H,18-19H2,1-2H3,(H,33,39)(H,34,35)(H,36,37). The van der Waals surface area contributed by atoms with Gasteiger partial charge in [-0.1, -0.05) is 36.4 Å². The van der Waals surface area contributed by atoms with Crippen LogP contribution in [-0.2, 0) is 26.3 Å². The van der Waals surface area contributed by atoms with E-state index >= 15 is 0 Å². The zero-order valence-corrected chi connectivity index (χ0v) is 25.1. The highest BCUT2D eigenvalue weighted by atomic mass is 32.2. The molecule has 14 heteroatoms. The lowest BCUT2D eigenvalue weighted by Gasteiger charge is -2.15. The molecule has 1 amide bonds. The number of fused-ring (bicyclic) bond motifs is 1. The van der Waals surface area contributed by atoms with E-state index < -0.39 is 15.9 Å². The molecule has 45 heavy (non-hydrogen) atoms. The first-order chi connectivity index (χ1) is 21.7. The van der Waals surface area contributed by atoms with Crippen molar-refractivity contribution in [3.8, 4) is 17.2 Å². The zero-order valence-electron chi connectivity index (χ0n) is 24.3. The highest BCUT2D eigenvalue weighted by molar-refractivity contribution is 7.92. The third-order valence-corrected chi connectivity index (χ3v) is 7.71. The average Bonchev–Trinajstić information content (AvgIpc) is 3.03. The third kappa shape index (κ3) is 7.94. The Bertz CT molecular complexity index is 1940. The summed E-state index contributed by atoms with van der Waals surface area (Å²) in [5.74, 6) is 0.532. The lowest BCUT2D eigenvalue weighted by Crippen LogP contribution is -2.28. The number of hydrogen-bond acceptors (Lipinski definition) is 11. The number of methoxy groups -OCH3 is 2. The van der Waals surface area contributed by atoms with Gasteiger partial charge in [-0.25, -0.2) is 18.4 Å². The number of nitrogens with zero attached hydrogens (tertiary/aromatic N) is 2. The number of para-hydroxylation sites is 3. The van der Waals surface area contributed by atoms with Crippen LogP contribution in [0, 0.1) is 0 Å². The van der Waals surface area contributed by atoms with Gasteiger partial charge in [0, 0.05) is 35.1 Å². The summed E-state index contributed by atoms with van der Waals surface area (Å²) in [6.07, 6.45) is 0. The highest BCUT2D eigenvalue weighted by Crippen LogP contribution is 2.31. The minimum absolute atomic E-state index is 0.0650. The van der Waals surface area contributed by atoms with Crippen molar-refractivity contribution in [2.75, 3.05) is 36.1 Å². The normalized spacial score (nSPS) is 11.2. The molecule has 0 aliphatic carbocycles. The Morgan fingerprint density at radius 3 is 2.31 bits per heavy atom. The molecule has 0 aliphatic heterocycles. The predicted octanol–water partition coefficient (Wildman–Crippen LogP) is 4.56. The number of carbonyl (C=O) groups excluding carboxylic acids is 1. The van der Waals surface area contributed by atoms with Crippen LogP contribution in [0.2, 0.25) is 0 Å². The summed E-state index contributed by atoms with van der Waals surface area (Å²) in [5.41, 5.74) is 5.00. The molecule has 5 aromatic rings. The summed E-state index contributed by atoms with van der Waals surface area (Å²) in [6.45, 7) is -0.0178. The van der Waals surface area contributed by atoms with Crippen molar-refractivity contribution < 1.29 is 32.6 Å². The van der Waals surface area contributed by atoms with E-state index in [1.807, 2.05) is 18.2 Å². The first-order valence-corrected chi connectivity index (χ1v) is 15.0. The second kappa shape index (κ2) is 13.9. The monoisotopic (exact) mass is 630 g/mol. The lowest BCUT2D eigenvalue weighted by atomic mass is 10.2. The molecule has 1 aromatic heterocycles. The molecular weight excluding hydrogens is 600 g/mol. The van der Waals surface area contributed by atoms with Crippen LogP contribution >= 0.6 is 0 Å². The summed E-state index contributed by atoms with van der Waals surface area (Å²) in [5, 5.41) is 15.7. The average molecular weight is 631 g/mol. The Kier molecular flexibility index (Phi) is 9.57. The molecule has 5 N–H and O–H groups in total. The molecule has 0 saturated carbocycles. The number of rotatable bonds is 13. The summed E-state index contributed by atoms with van der Waals surface area (Å²) >= 11 is 0. The third-order valence-electron chi connectivity index (χ3n) is 6.37. The van der Waals surface area contributed by atoms with Crippen LogP contribution in [0.5, 0.6) is 17.2 Å². The van der Waals surface area contributed by atoms with Gasteiger partial charge in [-0.05, 0) is 36.4 Å². The van der Waals surface area contributed by atoms with E-state index in [1.54, 1.807) is 49.6 Å². The summed E-state index contributed by atoms with van der Waals surface area (Å²) in [7, 11) is -1.19. The highest BCUT2D eigenvalue weighted by Gasteiger charge is 2.20. The van der Waals surface area contributed by atoms with Crippen molar-refractivity contribution in [3.63, 3.8) is 0 Å². The fourth-order valence-corrected chi connectivity index (χ4v) is 5.32. The van der Waals surface area contributed by atoms with Gasteiger partial charge in [0.2, 0.25) is 5.91 Å². The molecule has 0 unspecified atom stereocenters. The van der Waals surface area contributed by atoms with Gasteiger partial charge in [-0.3, -0.25) is 14.4 Å². The fourth-order valence-electron chi connectivity index (χ4n) is 4.27. The predicted molar refractivity (Wildman–Crippen MR) is 169 cm³/mol. The number of hydrogen-bond donors (Lipinski definition) is 5. The van der Waals surface area contributed by atoms with Crippen molar-refractivity contribution in [2.45, 2.75) is 11.5 Å². The molecule has 13 nitrogen and oxygen atoms in total. The van der Waals surface area contributed by atoms with Gasteiger partial charge in [-0.2, -0.15) is 5.48 Å². The van der Waals surface area contributed by atoms with Crippen LogP contribution in [0.1, 0.15) is 5.56 Å². The summed E-state index contributed by atoms with van der Waals surface area (Å²) in [6, 6.07) is 24.5. The van der Waals surface area contributed by atoms with E-state index in [-0.39, 0.29) is 41.1 Å². The van der Waals surface area contributed by atoms with Gasteiger partial charge in [0.15, 0.2) is 11.6 Å². The fraction of sp³-hybridized carbons (Fsp3) is 0.129. The van der Waals surface area contributed by atoms with Crippen LogP contribution in [0.25, 0.3) is 11.0 Å². The molecule has 0 radical (unpaired) electrons. The maximum Gasteiger partial charge on any atom is 0.263 e. The van der Waals surface area contributed by atoms with Crippen molar-refractivity contribution in [3.05, 3.63) is 96.6 Å². The van der Waals surface area contributed by atoms with E-state index in [0.717, 1.165) is 5.56 Å². The number of ether oxygens (including phenoxy) is 2. The van der Waals surface area contributed by atoms with Gasteiger partial charge in [0.1, 0.15) is 23.8 Å². The molecule has 4 aromatic carbocycles. The quantitative estimate of drug-likeness (QED) is 0.0912. The number of nitrogens with one attached hydrogen (secondary N) is 4. The van der Waals surface area contributed by atoms with Crippen LogP contribution < -0.4 is 30.3 Å². The smallest absolute Gasteiger partial charge is 0.263 e. The Hall–Kier alpha value is -5.44. The number of carbonyl (C=O) groups is 1. The Morgan fingerprint density at radius 2 is 1.56 bits per heavy atom. The number of anilines is 4. The molecule has 232 valence electrons. The molecule has 0 saturated heterocycles. The van der Waals surface area contributed by atoms with Gasteiger partial charge in [0.25, 0.3) is 10.0 Å². The van der Waals surface area contributed by atoms with Gasteiger partial charge >= 0.3 is 0 Å². The lowest BCUT2D eigenvalue weighted by molar-refractivity contribution is -0.118. The Labute approximate surface area is 259 Å². The van der Waals surface area contributed by atoms with Crippen LogP contribution in [0.3, 0.4) is 0 Å². The maximum absolute atomic E-state index is 13.5.